The topological polar surface area (TPSA) is 141 Å². The lowest BCUT2D eigenvalue weighted by atomic mass is 10.2. The maximum absolute atomic E-state index is 6.10. The number of hydrogen-bond acceptors (Lipinski definition) is 9. The maximum atomic E-state index is 6.10. The Morgan fingerprint density at radius 2 is 1.79 bits per heavy atom. The number of benzene rings is 1. The second kappa shape index (κ2) is 7.31. The molecular formula is C19H19N9. The first kappa shape index (κ1) is 17.4. The van der Waals surface area contributed by atoms with E-state index in [9.17, 15) is 0 Å². The van der Waals surface area contributed by atoms with Gasteiger partial charge in [-0.2, -0.15) is 4.98 Å². The van der Waals surface area contributed by atoms with E-state index < -0.39 is 0 Å². The van der Waals surface area contributed by atoms with Gasteiger partial charge < -0.3 is 22.1 Å². The van der Waals surface area contributed by atoms with Crippen LogP contribution in [-0.4, -0.2) is 24.9 Å². The molecule has 0 atom stereocenters. The Labute approximate surface area is 161 Å². The van der Waals surface area contributed by atoms with Gasteiger partial charge in [-0.25, -0.2) is 15.0 Å². The number of pyridine rings is 1. The van der Waals surface area contributed by atoms with Crippen LogP contribution in [0.3, 0.4) is 0 Å². The zero-order valence-electron chi connectivity index (χ0n) is 15.2. The number of nitrogens with zero attached hydrogens (tertiary/aromatic N) is 5. The molecule has 0 saturated heterocycles. The van der Waals surface area contributed by atoms with E-state index in [1.165, 1.54) is 6.33 Å². The average molecular weight is 373 g/mol. The fourth-order valence-corrected chi connectivity index (χ4v) is 2.72. The third kappa shape index (κ3) is 3.58. The van der Waals surface area contributed by atoms with E-state index in [-0.39, 0.29) is 5.82 Å². The van der Waals surface area contributed by atoms with Gasteiger partial charge in [0.25, 0.3) is 0 Å². The van der Waals surface area contributed by atoms with Crippen molar-refractivity contribution >= 4 is 40.0 Å². The van der Waals surface area contributed by atoms with Crippen LogP contribution in [-0.2, 0) is 6.54 Å². The highest BCUT2D eigenvalue weighted by molar-refractivity contribution is 5.93. The molecule has 0 spiro atoms. The number of nitrogen functional groups attached to an aromatic ring is 2. The maximum Gasteiger partial charge on any atom is 0.225 e. The van der Waals surface area contributed by atoms with Gasteiger partial charge in [0, 0.05) is 30.3 Å². The van der Waals surface area contributed by atoms with Gasteiger partial charge in [-0.15, -0.1) is 0 Å². The van der Waals surface area contributed by atoms with E-state index in [4.69, 9.17) is 11.5 Å². The summed E-state index contributed by atoms with van der Waals surface area (Å²) in [6.45, 7) is 2.52. The van der Waals surface area contributed by atoms with Crippen LogP contribution in [0.25, 0.3) is 11.0 Å². The van der Waals surface area contributed by atoms with E-state index in [1.54, 1.807) is 12.4 Å². The van der Waals surface area contributed by atoms with E-state index in [1.807, 2.05) is 37.3 Å². The first-order valence-electron chi connectivity index (χ1n) is 8.64. The fraction of sp³-hybridized carbons (Fsp3) is 0.105. The summed E-state index contributed by atoms with van der Waals surface area (Å²) in [6.07, 6.45) is 4.89. The molecule has 0 amide bonds. The van der Waals surface area contributed by atoms with Gasteiger partial charge in [0.2, 0.25) is 5.95 Å². The van der Waals surface area contributed by atoms with Gasteiger partial charge in [0.05, 0.1) is 0 Å². The standard InChI is InChI=1S/C19H19N9/c1-11-2-3-13(20)8-14(11)26-18-16-15(24-10-25-18)17(21)28-19(27-16)23-9-12-4-6-22-7-5-12/h2-8,10H,9,20H2,1H3,(H,24,25,26)(H3,21,23,27,28). The van der Waals surface area contributed by atoms with Crippen LogP contribution in [0.15, 0.2) is 49.1 Å². The van der Waals surface area contributed by atoms with Gasteiger partial charge in [-0.05, 0) is 42.3 Å². The summed E-state index contributed by atoms with van der Waals surface area (Å²) in [5.74, 6) is 1.20. The molecule has 0 aliphatic heterocycles. The third-order valence-corrected chi connectivity index (χ3v) is 4.22. The highest BCUT2D eigenvalue weighted by Crippen LogP contribution is 2.27. The molecule has 0 aliphatic carbocycles. The van der Waals surface area contributed by atoms with Crippen LogP contribution in [0, 0.1) is 6.92 Å². The van der Waals surface area contributed by atoms with Gasteiger partial charge in [0.15, 0.2) is 11.6 Å². The summed E-state index contributed by atoms with van der Waals surface area (Å²) >= 11 is 0. The molecule has 4 rings (SSSR count). The molecule has 9 nitrogen and oxygen atoms in total. The number of aromatic nitrogens is 5. The highest BCUT2D eigenvalue weighted by Gasteiger charge is 2.13. The van der Waals surface area contributed by atoms with Crippen LogP contribution in [0.1, 0.15) is 11.1 Å². The largest absolute Gasteiger partial charge is 0.399 e. The van der Waals surface area contributed by atoms with Crippen molar-refractivity contribution in [1.29, 1.82) is 0 Å². The first-order valence-corrected chi connectivity index (χ1v) is 8.64. The molecule has 140 valence electrons. The minimum Gasteiger partial charge on any atom is -0.399 e. The van der Waals surface area contributed by atoms with Crippen molar-refractivity contribution in [3.63, 3.8) is 0 Å². The zero-order chi connectivity index (χ0) is 19.5. The van der Waals surface area contributed by atoms with Gasteiger partial charge in [-0.3, -0.25) is 4.98 Å². The predicted octanol–water partition coefficient (Wildman–Crippen LogP) is 2.64. The van der Waals surface area contributed by atoms with Crippen LogP contribution in [0.5, 0.6) is 0 Å². The summed E-state index contributed by atoms with van der Waals surface area (Å²) in [5, 5.41) is 6.44. The average Bonchev–Trinajstić information content (AvgIpc) is 2.70. The van der Waals surface area contributed by atoms with E-state index in [0.29, 0.717) is 35.0 Å². The molecule has 9 heteroatoms. The van der Waals surface area contributed by atoms with Crippen LogP contribution in [0.2, 0.25) is 0 Å². The normalized spacial score (nSPS) is 10.8. The fourth-order valence-electron chi connectivity index (χ4n) is 2.72. The van der Waals surface area contributed by atoms with E-state index in [2.05, 4.69) is 35.6 Å². The Morgan fingerprint density at radius 3 is 2.61 bits per heavy atom. The molecule has 3 heterocycles. The van der Waals surface area contributed by atoms with Crippen LogP contribution < -0.4 is 22.1 Å². The van der Waals surface area contributed by atoms with Crippen molar-refractivity contribution in [1.82, 2.24) is 24.9 Å². The number of hydrogen-bond donors (Lipinski definition) is 4. The summed E-state index contributed by atoms with van der Waals surface area (Å²) in [6, 6.07) is 9.45. The van der Waals surface area contributed by atoms with Crippen LogP contribution >= 0.6 is 0 Å². The molecule has 0 fully saturated rings. The molecule has 28 heavy (non-hydrogen) atoms. The minimum absolute atomic E-state index is 0.275. The highest BCUT2D eigenvalue weighted by atomic mass is 15.1. The Morgan fingerprint density at radius 1 is 0.964 bits per heavy atom. The molecule has 4 aromatic rings. The number of fused-ring (bicyclic) bond motifs is 1. The Bertz CT molecular complexity index is 1130. The van der Waals surface area contributed by atoms with Crippen molar-refractivity contribution in [3.8, 4) is 0 Å². The summed E-state index contributed by atoms with van der Waals surface area (Å²) in [7, 11) is 0. The van der Waals surface area contributed by atoms with Crippen molar-refractivity contribution in [3.05, 3.63) is 60.2 Å². The van der Waals surface area contributed by atoms with E-state index in [0.717, 1.165) is 16.8 Å². The Balaban J connectivity index is 1.69. The molecule has 0 radical (unpaired) electrons. The molecule has 0 unspecified atom stereocenters. The van der Waals surface area contributed by atoms with Gasteiger partial charge in [0.1, 0.15) is 17.4 Å². The Kier molecular flexibility index (Phi) is 4.55. The molecule has 3 aromatic heterocycles. The molecule has 0 bridgehead atoms. The lowest BCUT2D eigenvalue weighted by Crippen LogP contribution is -2.08. The summed E-state index contributed by atoms with van der Waals surface area (Å²) < 4.78 is 0. The first-order chi connectivity index (χ1) is 13.6. The monoisotopic (exact) mass is 373 g/mol. The van der Waals surface area contributed by atoms with Crippen molar-refractivity contribution in [2.45, 2.75) is 13.5 Å². The Hall–Kier alpha value is -4.01. The third-order valence-electron chi connectivity index (χ3n) is 4.22. The van der Waals surface area contributed by atoms with Crippen molar-refractivity contribution < 1.29 is 0 Å². The van der Waals surface area contributed by atoms with Crippen molar-refractivity contribution in [2.75, 3.05) is 22.1 Å². The summed E-state index contributed by atoms with van der Waals surface area (Å²) in [4.78, 5) is 21.4. The number of rotatable bonds is 5. The lowest BCUT2D eigenvalue weighted by Gasteiger charge is -2.12. The van der Waals surface area contributed by atoms with Gasteiger partial charge >= 0.3 is 0 Å². The SMILES string of the molecule is Cc1ccc(N)cc1Nc1ncnc2c(N)nc(NCc3ccncc3)nc12. The van der Waals surface area contributed by atoms with Crippen LogP contribution in [0.4, 0.5) is 29.0 Å². The number of anilines is 5. The van der Waals surface area contributed by atoms with Crippen molar-refractivity contribution in [2.24, 2.45) is 0 Å². The number of nitrogens with two attached hydrogens (primary N) is 2. The van der Waals surface area contributed by atoms with Gasteiger partial charge in [-0.1, -0.05) is 6.07 Å². The second-order valence-electron chi connectivity index (χ2n) is 6.26. The second-order valence-corrected chi connectivity index (χ2v) is 6.26. The molecule has 0 saturated carbocycles. The summed E-state index contributed by atoms with van der Waals surface area (Å²) in [5.41, 5.74) is 16.6. The van der Waals surface area contributed by atoms with E-state index >= 15 is 0 Å². The zero-order valence-corrected chi connectivity index (χ0v) is 15.2. The molecule has 0 aliphatic rings. The molecule has 1 aromatic carbocycles. The quantitative estimate of drug-likeness (QED) is 0.388. The predicted molar refractivity (Wildman–Crippen MR) is 110 cm³/mol. The number of aryl methyl sites for hydroxylation is 1. The molecular weight excluding hydrogens is 354 g/mol. The molecule has 6 N–H and O–H groups in total. The number of nitrogens with one attached hydrogen (secondary N) is 2. The lowest BCUT2D eigenvalue weighted by molar-refractivity contribution is 1.06. The smallest absolute Gasteiger partial charge is 0.225 e. The minimum atomic E-state index is 0.275.